The van der Waals surface area contributed by atoms with E-state index in [-0.39, 0.29) is 29.9 Å². The van der Waals surface area contributed by atoms with E-state index in [0.717, 1.165) is 55.1 Å². The number of likely N-dealkylation sites (tertiary alicyclic amines) is 1. The Morgan fingerprint density at radius 2 is 1.85 bits per heavy atom. The number of anilines is 1. The van der Waals surface area contributed by atoms with E-state index in [1.54, 1.807) is 0 Å². The number of piperidine rings is 1. The number of carbonyl (C=O) groups excluding carboxylic acids is 2. The molecule has 1 heterocycles. The molecule has 4 rings (SSSR count). The maximum Gasteiger partial charge on any atom is 0.229 e. The van der Waals surface area contributed by atoms with Crippen LogP contribution in [0.15, 0.2) is 42.5 Å². The van der Waals surface area contributed by atoms with Gasteiger partial charge in [-0.25, -0.2) is 0 Å². The molecule has 0 unspecified atom stereocenters. The van der Waals surface area contributed by atoms with Crippen LogP contribution in [0.3, 0.4) is 0 Å². The lowest BCUT2D eigenvalue weighted by molar-refractivity contribution is -0.123. The van der Waals surface area contributed by atoms with E-state index in [4.69, 9.17) is 4.74 Å². The SMILES string of the molecule is Cc1cc(N(C)C(=O)C2CCC(Oc3cccc(CC(=O)NC(C)C)c3)CC2)ccc1CN1CCC[C@@H](C)C1. The standard InChI is InChI=1S/C33H47N3O3/c1-23(2)34-32(37)20-26-9-6-10-31(19-26)39-30-15-12-27(13-16-30)33(38)35(5)29-14-11-28(25(4)18-29)22-36-17-7-8-24(3)21-36/h6,9-11,14,18-19,23-24,27,30H,7-8,12-13,15-17,20-22H2,1-5H3,(H,34,37)/t24-,27?,30?/m1/s1. The van der Waals surface area contributed by atoms with Crippen LogP contribution in [0.5, 0.6) is 5.75 Å². The summed E-state index contributed by atoms with van der Waals surface area (Å²) in [6, 6.07) is 14.4. The molecule has 1 aliphatic carbocycles. The summed E-state index contributed by atoms with van der Waals surface area (Å²) in [6.07, 6.45) is 6.43. The number of rotatable bonds is 9. The number of nitrogens with one attached hydrogen (secondary N) is 1. The van der Waals surface area contributed by atoms with Gasteiger partial charge in [-0.15, -0.1) is 0 Å². The van der Waals surface area contributed by atoms with Crippen LogP contribution in [0.25, 0.3) is 0 Å². The molecule has 0 aromatic heterocycles. The zero-order chi connectivity index (χ0) is 27.9. The molecular formula is C33H47N3O3. The molecule has 0 bridgehead atoms. The van der Waals surface area contributed by atoms with Gasteiger partial charge >= 0.3 is 0 Å². The minimum absolute atomic E-state index is 0.0201. The van der Waals surface area contributed by atoms with Gasteiger partial charge in [0.05, 0.1) is 12.5 Å². The molecule has 1 saturated heterocycles. The highest BCUT2D eigenvalue weighted by Crippen LogP contribution is 2.31. The summed E-state index contributed by atoms with van der Waals surface area (Å²) in [5.41, 5.74) is 4.54. The number of hydrogen-bond acceptors (Lipinski definition) is 4. The number of nitrogens with zero attached hydrogens (tertiary/aromatic N) is 2. The Kier molecular flexibility index (Phi) is 10.1. The van der Waals surface area contributed by atoms with E-state index < -0.39 is 0 Å². The first-order chi connectivity index (χ1) is 18.7. The summed E-state index contributed by atoms with van der Waals surface area (Å²) in [5, 5.41) is 2.93. The van der Waals surface area contributed by atoms with E-state index in [9.17, 15) is 9.59 Å². The zero-order valence-corrected chi connectivity index (χ0v) is 24.5. The van der Waals surface area contributed by atoms with Crippen LogP contribution in [0.4, 0.5) is 5.69 Å². The van der Waals surface area contributed by atoms with Crippen molar-refractivity contribution in [2.75, 3.05) is 25.0 Å². The van der Waals surface area contributed by atoms with Crippen molar-refractivity contribution in [3.8, 4) is 5.75 Å². The Bertz CT molecular complexity index is 1120. The van der Waals surface area contributed by atoms with Gasteiger partial charge in [-0.2, -0.15) is 0 Å². The summed E-state index contributed by atoms with van der Waals surface area (Å²) in [5.74, 6) is 1.81. The van der Waals surface area contributed by atoms with E-state index in [2.05, 4.69) is 42.3 Å². The molecule has 2 aliphatic rings. The van der Waals surface area contributed by atoms with Gasteiger partial charge in [0.25, 0.3) is 0 Å². The Labute approximate surface area is 235 Å². The first kappa shape index (κ1) is 29.1. The van der Waals surface area contributed by atoms with Gasteiger partial charge in [0.15, 0.2) is 0 Å². The highest BCUT2D eigenvalue weighted by molar-refractivity contribution is 5.94. The highest BCUT2D eigenvalue weighted by Gasteiger charge is 2.30. The zero-order valence-electron chi connectivity index (χ0n) is 24.5. The van der Waals surface area contributed by atoms with Crippen LogP contribution in [0, 0.1) is 18.8 Å². The second-order valence-electron chi connectivity index (χ2n) is 12.1. The number of benzene rings is 2. The topological polar surface area (TPSA) is 61.9 Å². The third kappa shape index (κ3) is 8.31. The van der Waals surface area contributed by atoms with E-state index in [0.29, 0.717) is 6.42 Å². The molecule has 2 fully saturated rings. The second-order valence-corrected chi connectivity index (χ2v) is 12.1. The molecule has 1 N–H and O–H groups in total. The Morgan fingerprint density at radius 1 is 1.08 bits per heavy atom. The van der Waals surface area contributed by atoms with Crippen LogP contribution in [-0.4, -0.2) is 49.0 Å². The van der Waals surface area contributed by atoms with Crippen molar-refractivity contribution < 1.29 is 14.3 Å². The molecule has 2 amide bonds. The van der Waals surface area contributed by atoms with Crippen molar-refractivity contribution >= 4 is 17.5 Å². The van der Waals surface area contributed by atoms with Crippen LogP contribution >= 0.6 is 0 Å². The van der Waals surface area contributed by atoms with Gasteiger partial charge < -0.3 is 15.0 Å². The fraction of sp³-hybridized carbons (Fsp3) is 0.576. The largest absolute Gasteiger partial charge is 0.490 e. The van der Waals surface area contributed by atoms with Gasteiger partial charge in [0, 0.05) is 37.8 Å². The van der Waals surface area contributed by atoms with Crippen molar-refractivity contribution in [2.24, 2.45) is 11.8 Å². The van der Waals surface area contributed by atoms with Crippen molar-refractivity contribution in [2.45, 2.75) is 91.3 Å². The maximum atomic E-state index is 13.4. The minimum atomic E-state index is 0.0201. The summed E-state index contributed by atoms with van der Waals surface area (Å²) >= 11 is 0. The van der Waals surface area contributed by atoms with Gasteiger partial charge in [-0.1, -0.05) is 25.1 Å². The highest BCUT2D eigenvalue weighted by atomic mass is 16.5. The van der Waals surface area contributed by atoms with Crippen LogP contribution in [0.1, 0.15) is 76.0 Å². The van der Waals surface area contributed by atoms with Crippen LogP contribution in [-0.2, 0) is 22.6 Å². The Balaban J connectivity index is 1.27. The minimum Gasteiger partial charge on any atom is -0.490 e. The van der Waals surface area contributed by atoms with Gasteiger partial charge in [0.1, 0.15) is 5.75 Å². The number of aryl methyl sites for hydroxylation is 1. The first-order valence-electron chi connectivity index (χ1n) is 14.8. The van der Waals surface area contributed by atoms with Crippen molar-refractivity contribution in [3.05, 3.63) is 59.2 Å². The normalized spacial score (nSPS) is 21.9. The molecule has 0 spiro atoms. The quantitative estimate of drug-likeness (QED) is 0.436. The average Bonchev–Trinajstić information content (AvgIpc) is 2.89. The summed E-state index contributed by atoms with van der Waals surface area (Å²) < 4.78 is 6.27. The summed E-state index contributed by atoms with van der Waals surface area (Å²) in [4.78, 5) is 29.9. The monoisotopic (exact) mass is 533 g/mol. The lowest BCUT2D eigenvalue weighted by Gasteiger charge is -2.32. The predicted octanol–water partition coefficient (Wildman–Crippen LogP) is 5.89. The first-order valence-corrected chi connectivity index (χ1v) is 14.8. The Hall–Kier alpha value is -2.86. The molecule has 2 aromatic carbocycles. The Morgan fingerprint density at radius 3 is 2.54 bits per heavy atom. The van der Waals surface area contributed by atoms with Crippen molar-refractivity contribution in [3.63, 3.8) is 0 Å². The molecular weight excluding hydrogens is 486 g/mol. The molecule has 0 radical (unpaired) electrons. The third-order valence-electron chi connectivity index (χ3n) is 8.22. The molecule has 1 saturated carbocycles. The van der Waals surface area contributed by atoms with E-state index in [1.165, 1.54) is 37.1 Å². The number of ether oxygens (including phenoxy) is 1. The molecule has 6 heteroatoms. The molecule has 212 valence electrons. The third-order valence-corrected chi connectivity index (χ3v) is 8.22. The molecule has 1 aliphatic heterocycles. The maximum absolute atomic E-state index is 13.4. The average molecular weight is 534 g/mol. The van der Waals surface area contributed by atoms with E-state index >= 15 is 0 Å². The molecule has 1 atom stereocenters. The van der Waals surface area contributed by atoms with Gasteiger partial charge in [0.2, 0.25) is 11.8 Å². The van der Waals surface area contributed by atoms with Crippen LogP contribution < -0.4 is 15.0 Å². The second kappa shape index (κ2) is 13.5. The van der Waals surface area contributed by atoms with Gasteiger partial charge in [-0.05, 0) is 113 Å². The predicted molar refractivity (Wildman–Crippen MR) is 158 cm³/mol. The smallest absolute Gasteiger partial charge is 0.229 e. The fourth-order valence-corrected chi connectivity index (χ4v) is 6.05. The van der Waals surface area contributed by atoms with Crippen molar-refractivity contribution in [1.82, 2.24) is 10.2 Å². The number of carbonyl (C=O) groups is 2. The van der Waals surface area contributed by atoms with Gasteiger partial charge in [-0.3, -0.25) is 14.5 Å². The number of amides is 2. The fourth-order valence-electron chi connectivity index (χ4n) is 6.05. The summed E-state index contributed by atoms with van der Waals surface area (Å²) in [7, 11) is 1.91. The van der Waals surface area contributed by atoms with Crippen LogP contribution in [0.2, 0.25) is 0 Å². The number of hydrogen-bond donors (Lipinski definition) is 1. The lowest BCUT2D eigenvalue weighted by atomic mass is 9.86. The molecule has 39 heavy (non-hydrogen) atoms. The molecule has 2 aromatic rings. The molecule has 6 nitrogen and oxygen atoms in total. The van der Waals surface area contributed by atoms with Crippen molar-refractivity contribution in [1.29, 1.82) is 0 Å². The lowest BCUT2D eigenvalue weighted by Crippen LogP contribution is -2.37. The summed E-state index contributed by atoms with van der Waals surface area (Å²) in [6.45, 7) is 11.8. The van der Waals surface area contributed by atoms with E-state index in [1.807, 2.05) is 50.1 Å².